The molecule has 2 N–H and O–H groups in total. The van der Waals surface area contributed by atoms with E-state index in [-0.39, 0.29) is 0 Å². The summed E-state index contributed by atoms with van der Waals surface area (Å²) < 4.78 is 4.97. The fourth-order valence-electron chi connectivity index (χ4n) is 1.64. The quantitative estimate of drug-likeness (QED) is 0.874. The van der Waals surface area contributed by atoms with Crippen molar-refractivity contribution < 1.29 is 9.53 Å². The van der Waals surface area contributed by atoms with Gasteiger partial charge in [0.15, 0.2) is 0 Å². The third kappa shape index (κ3) is 3.30. The van der Waals surface area contributed by atoms with Crippen LogP contribution in [0, 0.1) is 6.92 Å². The van der Waals surface area contributed by atoms with E-state index < -0.39 is 5.97 Å². The number of ether oxygens (including phenoxy) is 1. The van der Waals surface area contributed by atoms with Gasteiger partial charge in [-0.1, -0.05) is 29.5 Å². The molecule has 104 valence electrons. The molecule has 0 saturated carbocycles. The summed E-state index contributed by atoms with van der Waals surface area (Å²) in [6.07, 6.45) is 1.57. The normalized spacial score (nSPS) is 10.3. The first-order chi connectivity index (χ1) is 9.61. The Kier molecular flexibility index (Phi) is 4.63. The summed E-state index contributed by atoms with van der Waals surface area (Å²) in [6, 6.07) is 9.62. The van der Waals surface area contributed by atoms with Crippen LogP contribution in [0.1, 0.15) is 22.8 Å². The highest BCUT2D eigenvalue weighted by atomic mass is 32.2. The Balaban J connectivity index is 2.26. The molecule has 20 heavy (non-hydrogen) atoms. The number of aryl methyl sites for hydroxylation is 1. The number of anilines is 1. The van der Waals surface area contributed by atoms with E-state index in [1.165, 1.54) is 17.3 Å². The number of hydrogen-bond donors (Lipinski definition) is 1. The van der Waals surface area contributed by atoms with E-state index in [2.05, 4.69) is 4.98 Å². The van der Waals surface area contributed by atoms with E-state index in [4.69, 9.17) is 10.5 Å². The van der Waals surface area contributed by atoms with Crippen molar-refractivity contribution >= 4 is 23.4 Å². The average Bonchev–Trinajstić information content (AvgIpc) is 2.44. The molecule has 5 heteroatoms. The standard InChI is InChI=1S/C15H16N2O2S/c1-3-19-15(18)12-8-9-17-14(13(12)16)20-11-6-4-10(2)5-7-11/h4-9H,3,16H2,1-2H3. The van der Waals surface area contributed by atoms with E-state index in [1.54, 1.807) is 19.2 Å². The number of benzene rings is 1. The van der Waals surface area contributed by atoms with Crippen molar-refractivity contribution in [3.8, 4) is 0 Å². The predicted octanol–water partition coefficient (Wildman–Crippen LogP) is 3.30. The van der Waals surface area contributed by atoms with E-state index in [0.29, 0.717) is 22.9 Å². The monoisotopic (exact) mass is 288 g/mol. The van der Waals surface area contributed by atoms with Crippen LogP contribution in [0.3, 0.4) is 0 Å². The second-order valence-electron chi connectivity index (χ2n) is 4.21. The topological polar surface area (TPSA) is 65.2 Å². The largest absolute Gasteiger partial charge is 0.462 e. The van der Waals surface area contributed by atoms with Gasteiger partial charge in [-0.3, -0.25) is 0 Å². The molecule has 0 aliphatic carbocycles. The van der Waals surface area contributed by atoms with Crippen molar-refractivity contribution in [3.05, 3.63) is 47.7 Å². The predicted molar refractivity (Wildman–Crippen MR) is 79.9 cm³/mol. The number of nitrogens with zero attached hydrogens (tertiary/aromatic N) is 1. The molecule has 0 aliphatic heterocycles. The van der Waals surface area contributed by atoms with Gasteiger partial charge in [0, 0.05) is 11.1 Å². The summed E-state index contributed by atoms with van der Waals surface area (Å²) in [7, 11) is 0. The van der Waals surface area contributed by atoms with Crippen molar-refractivity contribution in [2.75, 3.05) is 12.3 Å². The van der Waals surface area contributed by atoms with Gasteiger partial charge in [-0.05, 0) is 32.0 Å². The lowest BCUT2D eigenvalue weighted by atomic mass is 10.2. The molecule has 0 bridgehead atoms. The van der Waals surface area contributed by atoms with Crippen LogP contribution < -0.4 is 5.73 Å². The second kappa shape index (κ2) is 6.43. The molecule has 0 radical (unpaired) electrons. The van der Waals surface area contributed by atoms with Crippen molar-refractivity contribution in [2.45, 2.75) is 23.8 Å². The number of nitrogen functional groups attached to an aromatic ring is 1. The summed E-state index contributed by atoms with van der Waals surface area (Å²) >= 11 is 1.43. The minimum absolute atomic E-state index is 0.320. The number of rotatable bonds is 4. The molecule has 1 aromatic carbocycles. The molecule has 0 aliphatic rings. The van der Waals surface area contributed by atoms with Gasteiger partial charge in [0.2, 0.25) is 0 Å². The smallest absolute Gasteiger partial charge is 0.340 e. The first-order valence-corrected chi connectivity index (χ1v) is 7.09. The van der Waals surface area contributed by atoms with Crippen LogP contribution in [0.15, 0.2) is 46.5 Å². The zero-order valence-corrected chi connectivity index (χ0v) is 12.2. The van der Waals surface area contributed by atoms with Crippen LogP contribution in [0.25, 0.3) is 0 Å². The number of aromatic nitrogens is 1. The van der Waals surface area contributed by atoms with E-state index in [9.17, 15) is 4.79 Å². The summed E-state index contributed by atoms with van der Waals surface area (Å²) in [5.74, 6) is -0.418. The lowest BCUT2D eigenvalue weighted by Crippen LogP contribution is -2.09. The van der Waals surface area contributed by atoms with E-state index in [1.807, 2.05) is 31.2 Å². The highest BCUT2D eigenvalue weighted by molar-refractivity contribution is 7.99. The number of pyridine rings is 1. The fourth-order valence-corrected chi connectivity index (χ4v) is 2.47. The molecular weight excluding hydrogens is 272 g/mol. The number of carbonyl (C=O) groups is 1. The second-order valence-corrected chi connectivity index (χ2v) is 5.28. The molecular formula is C15H16N2O2S. The van der Waals surface area contributed by atoms with Crippen LogP contribution in [0.2, 0.25) is 0 Å². The minimum Gasteiger partial charge on any atom is -0.462 e. The van der Waals surface area contributed by atoms with E-state index in [0.717, 1.165) is 4.90 Å². The Morgan fingerprint density at radius 2 is 2.00 bits per heavy atom. The average molecular weight is 288 g/mol. The zero-order valence-electron chi connectivity index (χ0n) is 11.4. The van der Waals surface area contributed by atoms with Gasteiger partial charge in [0.25, 0.3) is 0 Å². The van der Waals surface area contributed by atoms with Crippen molar-refractivity contribution in [1.29, 1.82) is 0 Å². The molecule has 2 rings (SSSR count). The number of hydrogen-bond acceptors (Lipinski definition) is 5. The van der Waals surface area contributed by atoms with Crippen LogP contribution in [0.4, 0.5) is 5.69 Å². The molecule has 0 atom stereocenters. The number of esters is 1. The first kappa shape index (κ1) is 14.4. The Morgan fingerprint density at radius 3 is 2.65 bits per heavy atom. The highest BCUT2D eigenvalue weighted by Gasteiger charge is 2.15. The Labute approximate surface area is 122 Å². The lowest BCUT2D eigenvalue weighted by molar-refractivity contribution is 0.0527. The Morgan fingerprint density at radius 1 is 1.30 bits per heavy atom. The maximum atomic E-state index is 11.8. The number of nitrogens with two attached hydrogens (primary N) is 1. The van der Waals surface area contributed by atoms with Crippen molar-refractivity contribution in [3.63, 3.8) is 0 Å². The molecule has 2 aromatic rings. The SMILES string of the molecule is CCOC(=O)c1ccnc(Sc2ccc(C)cc2)c1N. The van der Waals surface area contributed by atoms with Crippen LogP contribution in [0.5, 0.6) is 0 Å². The third-order valence-corrected chi connectivity index (χ3v) is 3.71. The van der Waals surface area contributed by atoms with Gasteiger partial charge < -0.3 is 10.5 Å². The lowest BCUT2D eigenvalue weighted by Gasteiger charge is -2.09. The van der Waals surface area contributed by atoms with Gasteiger partial charge in [-0.2, -0.15) is 0 Å². The Bertz CT molecular complexity index is 612. The summed E-state index contributed by atoms with van der Waals surface area (Å²) in [5.41, 5.74) is 7.91. The highest BCUT2D eigenvalue weighted by Crippen LogP contribution is 2.32. The summed E-state index contributed by atoms with van der Waals surface area (Å²) in [4.78, 5) is 17.0. The molecule has 0 saturated heterocycles. The molecule has 1 heterocycles. The summed E-state index contributed by atoms with van der Waals surface area (Å²) in [5, 5.41) is 0.611. The maximum Gasteiger partial charge on any atom is 0.340 e. The molecule has 0 fully saturated rings. The number of carbonyl (C=O) groups excluding carboxylic acids is 1. The molecule has 0 amide bonds. The first-order valence-electron chi connectivity index (χ1n) is 6.28. The Hall–Kier alpha value is -2.01. The van der Waals surface area contributed by atoms with Gasteiger partial charge in [0.1, 0.15) is 5.03 Å². The molecule has 0 spiro atoms. The van der Waals surface area contributed by atoms with Crippen LogP contribution >= 0.6 is 11.8 Å². The molecule has 4 nitrogen and oxygen atoms in total. The minimum atomic E-state index is -0.418. The van der Waals surface area contributed by atoms with Gasteiger partial charge in [-0.25, -0.2) is 9.78 Å². The zero-order chi connectivity index (χ0) is 14.5. The van der Waals surface area contributed by atoms with Crippen molar-refractivity contribution in [2.24, 2.45) is 0 Å². The molecule has 0 unspecified atom stereocenters. The van der Waals surface area contributed by atoms with Gasteiger partial charge >= 0.3 is 5.97 Å². The fraction of sp³-hybridized carbons (Fsp3) is 0.200. The van der Waals surface area contributed by atoms with Gasteiger partial charge in [-0.15, -0.1) is 0 Å². The third-order valence-electron chi connectivity index (χ3n) is 2.68. The van der Waals surface area contributed by atoms with Crippen molar-refractivity contribution in [1.82, 2.24) is 4.98 Å². The molecule has 1 aromatic heterocycles. The van der Waals surface area contributed by atoms with E-state index >= 15 is 0 Å². The van der Waals surface area contributed by atoms with Crippen LogP contribution in [-0.4, -0.2) is 17.6 Å². The summed E-state index contributed by atoms with van der Waals surface area (Å²) in [6.45, 7) is 4.11. The maximum absolute atomic E-state index is 11.8. The van der Waals surface area contributed by atoms with Crippen LogP contribution in [-0.2, 0) is 4.74 Å². The van der Waals surface area contributed by atoms with Gasteiger partial charge in [0.05, 0.1) is 17.9 Å².